The predicted molar refractivity (Wildman–Crippen MR) is 80.4 cm³/mol. The number of halogens is 2. The maximum absolute atomic E-state index is 13.2. The van der Waals surface area contributed by atoms with Crippen LogP contribution in [0.25, 0.3) is 0 Å². The number of piperidine rings is 1. The van der Waals surface area contributed by atoms with Crippen LogP contribution in [0.2, 0.25) is 0 Å². The molecule has 1 aliphatic heterocycles. The van der Waals surface area contributed by atoms with Crippen molar-refractivity contribution in [3.05, 3.63) is 35.1 Å². The molecule has 0 bridgehead atoms. The first kappa shape index (κ1) is 16.9. The third kappa shape index (κ3) is 4.18. The summed E-state index contributed by atoms with van der Waals surface area (Å²) in [5.41, 5.74) is 7.39. The molecule has 0 spiro atoms. The fourth-order valence-electron chi connectivity index (χ4n) is 2.52. The molecule has 2 rings (SSSR count). The van der Waals surface area contributed by atoms with E-state index in [9.17, 15) is 9.18 Å². The summed E-state index contributed by atoms with van der Waals surface area (Å²) in [5, 5.41) is 0. The highest BCUT2D eigenvalue weighted by atomic mass is 35.5. The van der Waals surface area contributed by atoms with Gasteiger partial charge in [-0.2, -0.15) is 0 Å². The van der Waals surface area contributed by atoms with Crippen LogP contribution >= 0.6 is 12.4 Å². The fourth-order valence-corrected chi connectivity index (χ4v) is 2.52. The Morgan fingerprint density at radius 2 is 2.05 bits per heavy atom. The highest BCUT2D eigenvalue weighted by molar-refractivity contribution is 5.85. The lowest BCUT2D eigenvalue weighted by atomic mass is 9.96. The maximum atomic E-state index is 13.2. The second-order valence-corrected chi connectivity index (χ2v) is 5.31. The molecule has 1 aromatic rings. The van der Waals surface area contributed by atoms with Gasteiger partial charge in [-0.15, -0.1) is 12.4 Å². The molecule has 2 N–H and O–H groups in total. The van der Waals surface area contributed by atoms with Crippen molar-refractivity contribution in [2.75, 3.05) is 19.6 Å². The van der Waals surface area contributed by atoms with E-state index in [1.165, 1.54) is 12.1 Å². The molecule has 1 amide bonds. The standard InChI is InChI=1S/C15H21FN2O.ClH/c1-11-2-3-14(16)8-13(11)9-15(19)18-6-4-12(10-17)5-7-18;/h2-3,8,12H,4-7,9-10,17H2,1H3;1H. The Morgan fingerprint density at radius 1 is 1.40 bits per heavy atom. The van der Waals surface area contributed by atoms with Crippen LogP contribution in [0.3, 0.4) is 0 Å². The third-order valence-electron chi connectivity index (χ3n) is 3.95. The second-order valence-electron chi connectivity index (χ2n) is 5.31. The topological polar surface area (TPSA) is 46.3 Å². The van der Waals surface area contributed by atoms with E-state index >= 15 is 0 Å². The number of carbonyl (C=O) groups is 1. The highest BCUT2D eigenvalue weighted by Gasteiger charge is 2.22. The summed E-state index contributed by atoms with van der Waals surface area (Å²) in [6.07, 6.45) is 2.24. The third-order valence-corrected chi connectivity index (χ3v) is 3.95. The largest absolute Gasteiger partial charge is 0.342 e. The van der Waals surface area contributed by atoms with E-state index in [0.717, 1.165) is 37.1 Å². The molecule has 1 aliphatic rings. The van der Waals surface area contributed by atoms with Gasteiger partial charge in [0, 0.05) is 13.1 Å². The van der Waals surface area contributed by atoms with Gasteiger partial charge in [-0.05, 0) is 55.5 Å². The molecule has 20 heavy (non-hydrogen) atoms. The van der Waals surface area contributed by atoms with E-state index in [-0.39, 0.29) is 30.6 Å². The van der Waals surface area contributed by atoms with Gasteiger partial charge in [0.05, 0.1) is 6.42 Å². The number of nitrogens with zero attached hydrogens (tertiary/aromatic N) is 1. The van der Waals surface area contributed by atoms with E-state index in [1.807, 2.05) is 11.8 Å². The molecule has 1 heterocycles. The van der Waals surface area contributed by atoms with Gasteiger partial charge in [-0.1, -0.05) is 6.07 Å². The summed E-state index contributed by atoms with van der Waals surface area (Å²) in [5.74, 6) is 0.347. The quantitative estimate of drug-likeness (QED) is 0.931. The van der Waals surface area contributed by atoms with Crippen LogP contribution in [-0.2, 0) is 11.2 Å². The average Bonchev–Trinajstić information content (AvgIpc) is 2.43. The fraction of sp³-hybridized carbons (Fsp3) is 0.533. The molecule has 112 valence electrons. The summed E-state index contributed by atoms with van der Waals surface area (Å²) < 4.78 is 13.2. The van der Waals surface area contributed by atoms with Crippen molar-refractivity contribution in [3.8, 4) is 0 Å². The molecule has 1 saturated heterocycles. The SMILES string of the molecule is Cc1ccc(F)cc1CC(=O)N1CCC(CN)CC1.Cl. The first-order valence-electron chi connectivity index (χ1n) is 6.83. The Labute approximate surface area is 125 Å². The van der Waals surface area contributed by atoms with Gasteiger partial charge in [0.1, 0.15) is 5.82 Å². The number of hydrogen-bond donors (Lipinski definition) is 1. The molecular weight excluding hydrogens is 279 g/mol. The summed E-state index contributed by atoms with van der Waals surface area (Å²) >= 11 is 0. The molecule has 5 heteroatoms. The molecular formula is C15H22ClFN2O. The van der Waals surface area contributed by atoms with Crippen LogP contribution < -0.4 is 5.73 Å². The highest BCUT2D eigenvalue weighted by Crippen LogP contribution is 2.18. The molecule has 3 nitrogen and oxygen atoms in total. The summed E-state index contributed by atoms with van der Waals surface area (Å²) in [4.78, 5) is 14.1. The lowest BCUT2D eigenvalue weighted by Crippen LogP contribution is -2.40. The van der Waals surface area contributed by atoms with Crippen LogP contribution in [0.15, 0.2) is 18.2 Å². The van der Waals surface area contributed by atoms with Gasteiger partial charge in [0.15, 0.2) is 0 Å². The zero-order valence-electron chi connectivity index (χ0n) is 11.8. The van der Waals surface area contributed by atoms with Crippen LogP contribution in [0.1, 0.15) is 24.0 Å². The van der Waals surface area contributed by atoms with Gasteiger partial charge >= 0.3 is 0 Å². The van der Waals surface area contributed by atoms with Gasteiger partial charge in [-0.3, -0.25) is 4.79 Å². The van der Waals surface area contributed by atoms with Crippen LogP contribution in [0, 0.1) is 18.7 Å². The lowest BCUT2D eigenvalue weighted by molar-refractivity contribution is -0.131. The Kier molecular flexibility index (Phi) is 6.43. The van der Waals surface area contributed by atoms with Crippen molar-refractivity contribution in [2.45, 2.75) is 26.2 Å². The number of aryl methyl sites for hydroxylation is 1. The van der Waals surface area contributed by atoms with E-state index in [4.69, 9.17) is 5.73 Å². The van der Waals surface area contributed by atoms with Crippen LogP contribution in [-0.4, -0.2) is 30.4 Å². The minimum atomic E-state index is -0.282. The molecule has 1 fully saturated rings. The van der Waals surface area contributed by atoms with Crippen molar-refractivity contribution in [2.24, 2.45) is 11.7 Å². The van der Waals surface area contributed by atoms with Gasteiger partial charge < -0.3 is 10.6 Å². The Morgan fingerprint density at radius 3 is 2.65 bits per heavy atom. The predicted octanol–water partition coefficient (Wildman–Crippen LogP) is 2.30. The average molecular weight is 301 g/mol. The summed E-state index contributed by atoms with van der Waals surface area (Å²) in [6.45, 7) is 4.15. The number of hydrogen-bond acceptors (Lipinski definition) is 2. The molecule has 0 aromatic heterocycles. The Balaban J connectivity index is 0.00000200. The maximum Gasteiger partial charge on any atom is 0.227 e. The molecule has 0 atom stereocenters. The number of amides is 1. The monoisotopic (exact) mass is 300 g/mol. The van der Waals surface area contributed by atoms with Crippen molar-refractivity contribution in [1.29, 1.82) is 0 Å². The van der Waals surface area contributed by atoms with Crippen LogP contribution in [0.4, 0.5) is 4.39 Å². The van der Waals surface area contributed by atoms with E-state index in [1.54, 1.807) is 6.07 Å². The van der Waals surface area contributed by atoms with Gasteiger partial charge in [0.2, 0.25) is 5.91 Å². The van der Waals surface area contributed by atoms with Crippen molar-refractivity contribution in [3.63, 3.8) is 0 Å². The first-order chi connectivity index (χ1) is 9.10. The van der Waals surface area contributed by atoms with Crippen molar-refractivity contribution < 1.29 is 9.18 Å². The number of benzene rings is 1. The molecule has 1 aromatic carbocycles. The minimum absolute atomic E-state index is 0. The Bertz CT molecular complexity index is 459. The number of carbonyl (C=O) groups excluding carboxylic acids is 1. The van der Waals surface area contributed by atoms with E-state index in [0.29, 0.717) is 12.5 Å². The van der Waals surface area contributed by atoms with E-state index < -0.39 is 0 Å². The lowest BCUT2D eigenvalue weighted by Gasteiger charge is -2.31. The van der Waals surface area contributed by atoms with Crippen molar-refractivity contribution >= 4 is 18.3 Å². The van der Waals surface area contributed by atoms with Crippen LogP contribution in [0.5, 0.6) is 0 Å². The molecule has 0 saturated carbocycles. The second kappa shape index (κ2) is 7.60. The zero-order valence-corrected chi connectivity index (χ0v) is 12.6. The van der Waals surface area contributed by atoms with Gasteiger partial charge in [-0.25, -0.2) is 4.39 Å². The first-order valence-corrected chi connectivity index (χ1v) is 6.83. The Hall–Kier alpha value is -1.13. The van der Waals surface area contributed by atoms with E-state index in [2.05, 4.69) is 0 Å². The summed E-state index contributed by atoms with van der Waals surface area (Å²) in [7, 11) is 0. The minimum Gasteiger partial charge on any atom is -0.342 e. The number of nitrogens with two attached hydrogens (primary N) is 1. The smallest absolute Gasteiger partial charge is 0.227 e. The summed E-state index contributed by atoms with van der Waals surface area (Å²) in [6, 6.07) is 4.61. The zero-order chi connectivity index (χ0) is 13.8. The number of rotatable bonds is 3. The number of likely N-dealkylation sites (tertiary alicyclic amines) is 1. The molecule has 0 unspecified atom stereocenters. The molecule has 0 aliphatic carbocycles. The van der Waals surface area contributed by atoms with Gasteiger partial charge in [0.25, 0.3) is 0 Å². The normalized spacial score (nSPS) is 15.8. The molecule has 0 radical (unpaired) electrons. The van der Waals surface area contributed by atoms with Crippen molar-refractivity contribution in [1.82, 2.24) is 4.90 Å².